The monoisotopic (exact) mass is 472 g/mol. The van der Waals surface area contributed by atoms with Gasteiger partial charge in [0.2, 0.25) is 0 Å². The van der Waals surface area contributed by atoms with Crippen molar-refractivity contribution in [1.82, 2.24) is 0 Å². The highest BCUT2D eigenvalue weighted by Gasteiger charge is 1.95. The summed E-state index contributed by atoms with van der Waals surface area (Å²) < 4.78 is 10.3. The maximum Gasteiger partial charge on any atom is 0.0546 e. The van der Waals surface area contributed by atoms with Gasteiger partial charge in [0, 0.05) is 50.9 Å². The third-order valence-corrected chi connectivity index (χ3v) is 2.24. The molecule has 0 saturated heterocycles. The first-order chi connectivity index (χ1) is 8.12. The molecule has 17 heavy (non-hydrogen) atoms. The predicted molar refractivity (Wildman–Crippen MR) is 95.4 cm³/mol. The Bertz CT molecular complexity index is 108. The maximum absolute atomic E-state index is 5.28. The average molecular weight is 472 g/mol. The molecule has 0 bridgehead atoms. The summed E-state index contributed by atoms with van der Waals surface area (Å²) in [4.78, 5) is 0. The van der Waals surface area contributed by atoms with Crippen molar-refractivity contribution in [3.05, 3.63) is 0 Å². The molecule has 0 N–H and O–H groups in total. The highest BCUT2D eigenvalue weighted by molar-refractivity contribution is 15.0. The molecule has 0 aliphatic heterocycles. The van der Waals surface area contributed by atoms with Gasteiger partial charge < -0.3 is 9.47 Å². The molecule has 0 aromatic heterocycles. The Morgan fingerprint density at radius 2 is 1.29 bits per heavy atom. The lowest BCUT2D eigenvalue weighted by Gasteiger charge is -2.08. The van der Waals surface area contributed by atoms with Crippen LogP contribution in [-0.4, -0.2) is 25.9 Å². The summed E-state index contributed by atoms with van der Waals surface area (Å²) >= 11 is 4.24. The van der Waals surface area contributed by atoms with Gasteiger partial charge in [0.05, 0.1) is 12.2 Å². The second kappa shape index (κ2) is 22.6. The molecule has 0 radical (unpaired) electrons. The second-order valence-corrected chi connectivity index (χ2v) is 3.89. The highest BCUT2D eigenvalue weighted by Crippen LogP contribution is 1.99. The van der Waals surface area contributed by atoms with Crippen molar-refractivity contribution in [2.45, 2.75) is 72.5 Å². The van der Waals surface area contributed by atoms with Crippen LogP contribution in [0, 0.1) is 0 Å². The molecule has 0 saturated carbocycles. The van der Waals surface area contributed by atoms with Crippen LogP contribution in [0.25, 0.3) is 0 Å². The molecule has 0 heterocycles. The quantitative estimate of drug-likeness (QED) is 0.436. The SMILES string of the molecule is CCCC(C)OC.CCCC(C)OCC.II. The lowest BCUT2D eigenvalue weighted by Crippen LogP contribution is -2.06. The van der Waals surface area contributed by atoms with Gasteiger partial charge in [-0.25, -0.2) is 0 Å². The van der Waals surface area contributed by atoms with Crippen LogP contribution in [0.5, 0.6) is 0 Å². The first kappa shape index (κ1) is 23.5. The first-order valence-electron chi connectivity index (χ1n) is 6.40. The molecule has 108 valence electrons. The van der Waals surface area contributed by atoms with E-state index in [1.807, 2.05) is 6.92 Å². The van der Waals surface area contributed by atoms with E-state index in [-0.39, 0.29) is 0 Å². The summed E-state index contributed by atoms with van der Waals surface area (Å²) in [5, 5.41) is 0. The Hall–Kier alpha value is 1.38. The van der Waals surface area contributed by atoms with Gasteiger partial charge in [0.1, 0.15) is 0 Å². The minimum absolute atomic E-state index is 0.449. The summed E-state index contributed by atoms with van der Waals surface area (Å²) in [5.74, 6) is 0. The van der Waals surface area contributed by atoms with E-state index in [1.165, 1.54) is 25.7 Å². The van der Waals surface area contributed by atoms with Crippen LogP contribution >= 0.6 is 37.2 Å². The molecule has 2 unspecified atom stereocenters. The number of hydrogen-bond acceptors (Lipinski definition) is 2. The van der Waals surface area contributed by atoms with Crippen LogP contribution in [-0.2, 0) is 9.47 Å². The zero-order valence-corrected chi connectivity index (χ0v) is 16.6. The normalized spacial score (nSPS) is 12.7. The molecular formula is C13H30I2O2. The van der Waals surface area contributed by atoms with Crippen LogP contribution in [0.1, 0.15) is 60.3 Å². The van der Waals surface area contributed by atoms with E-state index >= 15 is 0 Å². The third-order valence-electron chi connectivity index (χ3n) is 2.24. The fraction of sp³-hybridized carbons (Fsp3) is 1.00. The second-order valence-electron chi connectivity index (χ2n) is 3.89. The Morgan fingerprint density at radius 1 is 0.882 bits per heavy atom. The van der Waals surface area contributed by atoms with Gasteiger partial charge in [0.15, 0.2) is 0 Å². The molecular weight excluding hydrogens is 442 g/mol. The van der Waals surface area contributed by atoms with E-state index in [4.69, 9.17) is 9.47 Å². The number of halogens is 2. The van der Waals surface area contributed by atoms with Crippen molar-refractivity contribution in [2.24, 2.45) is 0 Å². The Balaban J connectivity index is -0.000000202. The standard InChI is InChI=1S/C7H16O.C6H14O.I2/c1-4-6-7(3)8-5-2;1-4-5-6(2)7-3;1-2/h7H,4-6H2,1-3H3;6H,4-5H2,1-3H3;. The zero-order valence-electron chi connectivity index (χ0n) is 12.3. The van der Waals surface area contributed by atoms with Gasteiger partial charge in [-0.2, -0.15) is 0 Å². The molecule has 4 heteroatoms. The van der Waals surface area contributed by atoms with Crippen LogP contribution in [0.4, 0.5) is 0 Å². The van der Waals surface area contributed by atoms with Gasteiger partial charge >= 0.3 is 0 Å². The summed E-state index contributed by atoms with van der Waals surface area (Å²) in [5.41, 5.74) is 0. The molecule has 0 aromatic carbocycles. The predicted octanol–water partition coefficient (Wildman–Crippen LogP) is 5.80. The van der Waals surface area contributed by atoms with Crippen molar-refractivity contribution in [1.29, 1.82) is 0 Å². The highest BCUT2D eigenvalue weighted by atomic mass is 128. The summed E-state index contributed by atoms with van der Waals surface area (Å²) in [6.07, 6.45) is 5.72. The minimum Gasteiger partial charge on any atom is -0.382 e. The van der Waals surface area contributed by atoms with Crippen LogP contribution in [0.3, 0.4) is 0 Å². The summed E-state index contributed by atoms with van der Waals surface area (Å²) in [6, 6.07) is 0. The van der Waals surface area contributed by atoms with Gasteiger partial charge in [-0.05, 0) is 33.6 Å². The summed E-state index contributed by atoms with van der Waals surface area (Å²) in [6.45, 7) is 11.4. The molecule has 0 aliphatic rings. The van der Waals surface area contributed by atoms with Crippen molar-refractivity contribution in [3.8, 4) is 0 Å². The number of methoxy groups -OCH3 is 1. The van der Waals surface area contributed by atoms with Crippen LogP contribution < -0.4 is 0 Å². The van der Waals surface area contributed by atoms with E-state index in [2.05, 4.69) is 64.9 Å². The van der Waals surface area contributed by atoms with Crippen molar-refractivity contribution >= 4 is 37.2 Å². The Kier molecular flexibility index (Phi) is 31.1. The van der Waals surface area contributed by atoms with Crippen LogP contribution in [0.2, 0.25) is 0 Å². The van der Waals surface area contributed by atoms with Gasteiger partial charge in [0.25, 0.3) is 0 Å². The van der Waals surface area contributed by atoms with E-state index in [0.29, 0.717) is 12.2 Å². The van der Waals surface area contributed by atoms with Crippen molar-refractivity contribution in [3.63, 3.8) is 0 Å². The fourth-order valence-electron chi connectivity index (χ4n) is 1.30. The smallest absolute Gasteiger partial charge is 0.0546 e. The molecule has 0 amide bonds. The molecule has 0 rings (SSSR count). The molecule has 0 spiro atoms. The van der Waals surface area contributed by atoms with Crippen molar-refractivity contribution in [2.75, 3.05) is 13.7 Å². The molecule has 0 aliphatic carbocycles. The zero-order chi connectivity index (χ0) is 14.1. The number of rotatable bonds is 7. The van der Waals surface area contributed by atoms with Crippen molar-refractivity contribution < 1.29 is 9.47 Å². The van der Waals surface area contributed by atoms with Gasteiger partial charge in [-0.1, -0.05) is 26.7 Å². The summed E-state index contributed by atoms with van der Waals surface area (Å²) in [7, 11) is 1.75. The van der Waals surface area contributed by atoms with E-state index in [0.717, 1.165) is 6.61 Å². The minimum atomic E-state index is 0.449. The molecule has 2 atom stereocenters. The lowest BCUT2D eigenvalue weighted by molar-refractivity contribution is 0.0699. The average Bonchev–Trinajstić information content (AvgIpc) is 2.33. The first-order valence-corrected chi connectivity index (χ1v) is 12.7. The third kappa shape index (κ3) is 26.8. The van der Waals surface area contributed by atoms with Gasteiger partial charge in [-0.15, -0.1) is 0 Å². The number of hydrogen-bond donors (Lipinski definition) is 0. The largest absolute Gasteiger partial charge is 0.382 e. The molecule has 2 nitrogen and oxygen atoms in total. The van der Waals surface area contributed by atoms with Crippen LogP contribution in [0.15, 0.2) is 0 Å². The van der Waals surface area contributed by atoms with E-state index < -0.39 is 0 Å². The lowest BCUT2D eigenvalue weighted by atomic mass is 10.2. The fourth-order valence-corrected chi connectivity index (χ4v) is 1.30. The maximum atomic E-state index is 5.28. The molecule has 0 fully saturated rings. The Morgan fingerprint density at radius 3 is 1.53 bits per heavy atom. The van der Waals surface area contributed by atoms with Gasteiger partial charge in [-0.3, -0.25) is 0 Å². The van der Waals surface area contributed by atoms with E-state index in [9.17, 15) is 0 Å². The molecule has 0 aromatic rings. The Labute approximate surface area is 132 Å². The number of ether oxygens (including phenoxy) is 2. The topological polar surface area (TPSA) is 18.5 Å². The van der Waals surface area contributed by atoms with E-state index in [1.54, 1.807) is 7.11 Å².